The van der Waals surface area contributed by atoms with Crippen LogP contribution in [0.3, 0.4) is 0 Å². The quantitative estimate of drug-likeness (QED) is 0.0411. The Hall–Kier alpha value is -4.53. The molecule has 0 bridgehead atoms. The van der Waals surface area contributed by atoms with Crippen LogP contribution in [0.4, 0.5) is 5.69 Å². The van der Waals surface area contributed by atoms with Gasteiger partial charge in [0.1, 0.15) is 0 Å². The molecule has 0 saturated heterocycles. The summed E-state index contributed by atoms with van der Waals surface area (Å²) < 4.78 is 51.1. The Balaban J connectivity index is 1.01. The summed E-state index contributed by atoms with van der Waals surface area (Å²) in [5.41, 5.74) is 11.0. The Morgan fingerprint density at radius 1 is 0.844 bits per heavy atom. The number of hydrogen-bond donors (Lipinski definition) is 3. The van der Waals surface area contributed by atoms with E-state index in [1.165, 1.54) is 22.0 Å². The Bertz CT molecular complexity index is 2670. The third kappa shape index (κ3) is 11.5. The minimum Gasteiger partial charge on any atom is -0.378 e. The lowest BCUT2D eigenvalue weighted by molar-refractivity contribution is -0.121. The standard InChI is InChI=1S/C51H63ClN4O7S/c1-51(2)46(25-22-40-19-18-39(50(40)52)21-23-43-42-15-8-12-38-13-9-16-44(48(38)42)55(43)29-10-36-64(58,59)60)56(45-24-20-37-11-5-6-14-41(37)49(45)51)28-7-3-4-17-47(57)54-27-31-62-33-35-63-34-32-61-30-26-53/h5-6,8-9,11-16,20-25,46H,3-4,7,10,17-19,26-36,53H2,1-2H3,(H,54,57)(H,58,59,60)/b25-22+,39-21+,43-23+. The fourth-order valence-corrected chi connectivity index (χ4v) is 10.3. The van der Waals surface area contributed by atoms with Crippen molar-refractivity contribution in [2.75, 3.05) is 69.9 Å². The Kier molecular flexibility index (Phi) is 16.4. The normalized spacial score (nSPS) is 17.4. The van der Waals surface area contributed by atoms with E-state index in [0.29, 0.717) is 72.1 Å². The molecule has 0 radical (unpaired) electrons. The number of halogens is 1. The first kappa shape index (κ1) is 47.4. The first-order valence-corrected chi connectivity index (χ1v) is 24.7. The van der Waals surface area contributed by atoms with Crippen LogP contribution in [0.15, 0.2) is 107 Å². The first-order valence-electron chi connectivity index (χ1n) is 22.7. The van der Waals surface area contributed by atoms with Gasteiger partial charge in [-0.05, 0) is 83.2 Å². The van der Waals surface area contributed by atoms with Crippen LogP contribution < -0.4 is 21.3 Å². The second-order valence-corrected chi connectivity index (χ2v) is 19.2. The number of fused-ring (bicyclic) bond motifs is 3. The van der Waals surface area contributed by atoms with Gasteiger partial charge in [-0.3, -0.25) is 9.35 Å². The van der Waals surface area contributed by atoms with Crippen molar-refractivity contribution >= 4 is 71.8 Å². The van der Waals surface area contributed by atoms with Gasteiger partial charge < -0.3 is 34.7 Å². The molecule has 2 aliphatic rings. The predicted octanol–water partition coefficient (Wildman–Crippen LogP) is 8.35. The number of aryl methyl sites for hydroxylation is 1. The second-order valence-electron chi connectivity index (χ2n) is 17.2. The maximum atomic E-state index is 12.6. The molecule has 0 fully saturated rings. The van der Waals surface area contributed by atoms with Crippen molar-refractivity contribution in [2.45, 2.75) is 76.8 Å². The van der Waals surface area contributed by atoms with Gasteiger partial charge in [0.2, 0.25) is 5.91 Å². The van der Waals surface area contributed by atoms with Gasteiger partial charge >= 0.3 is 0 Å². The zero-order valence-electron chi connectivity index (χ0n) is 37.2. The summed E-state index contributed by atoms with van der Waals surface area (Å²) in [6.45, 7) is 9.92. The number of aromatic nitrogens is 1. The maximum Gasteiger partial charge on any atom is 0.264 e. The van der Waals surface area contributed by atoms with E-state index in [1.807, 2.05) is 12.1 Å². The molecule has 1 amide bonds. The third-order valence-corrected chi connectivity index (χ3v) is 13.8. The molecule has 2 heterocycles. The molecule has 1 atom stereocenters. The topological polar surface area (TPSA) is 145 Å². The van der Waals surface area contributed by atoms with Crippen LogP contribution in [-0.2, 0) is 41.1 Å². The molecule has 1 unspecified atom stereocenters. The second kappa shape index (κ2) is 22.1. The predicted molar refractivity (Wildman–Crippen MR) is 261 cm³/mol. The molecule has 4 N–H and O–H groups in total. The number of unbranched alkanes of at least 4 members (excludes halogenated alkanes) is 2. The van der Waals surface area contributed by atoms with Crippen molar-refractivity contribution < 1.29 is 32.0 Å². The smallest absolute Gasteiger partial charge is 0.264 e. The molecule has 4 aromatic carbocycles. The number of nitrogens with zero attached hydrogens (tertiary/aromatic N) is 2. The van der Waals surface area contributed by atoms with Crippen molar-refractivity contribution in [2.24, 2.45) is 5.73 Å². The zero-order chi connectivity index (χ0) is 45.1. The zero-order valence-corrected chi connectivity index (χ0v) is 38.8. The fraction of sp³-hybridized carbons (Fsp3) is 0.431. The highest BCUT2D eigenvalue weighted by Crippen LogP contribution is 2.49. The summed E-state index contributed by atoms with van der Waals surface area (Å²) in [4.78, 5) is 15.1. The van der Waals surface area contributed by atoms with E-state index < -0.39 is 10.1 Å². The van der Waals surface area contributed by atoms with Crippen LogP contribution in [0.25, 0.3) is 38.5 Å². The average Bonchev–Trinajstić information content (AvgIpc) is 3.86. The summed E-state index contributed by atoms with van der Waals surface area (Å²) in [6, 6.07) is 25.7. The summed E-state index contributed by atoms with van der Waals surface area (Å²) in [6.07, 6.45) is 13.9. The fourth-order valence-electron chi connectivity index (χ4n) is 9.44. The molecule has 1 aliphatic heterocycles. The van der Waals surface area contributed by atoms with Crippen LogP contribution >= 0.6 is 11.6 Å². The minimum absolute atomic E-state index is 0.0434. The molecule has 342 valence electrons. The van der Waals surface area contributed by atoms with Crippen LogP contribution in [0.1, 0.15) is 64.4 Å². The maximum absolute atomic E-state index is 12.6. The number of amides is 1. The van der Waals surface area contributed by atoms with Gasteiger partial charge in [-0.15, -0.1) is 0 Å². The largest absolute Gasteiger partial charge is 0.378 e. The number of allylic oxidation sites excluding steroid dienone is 5. The molecule has 0 spiro atoms. The van der Waals surface area contributed by atoms with Crippen LogP contribution in [0, 0.1) is 0 Å². The number of carbonyl (C=O) groups excluding carboxylic acids is 1. The summed E-state index contributed by atoms with van der Waals surface area (Å²) in [5, 5.41) is 10.6. The van der Waals surface area contributed by atoms with Gasteiger partial charge in [0, 0.05) is 70.4 Å². The molecule has 64 heavy (non-hydrogen) atoms. The molecular weight excluding hydrogens is 848 g/mol. The number of hydrogen-bond acceptors (Lipinski definition) is 8. The Morgan fingerprint density at radius 3 is 2.34 bits per heavy atom. The molecule has 1 aromatic heterocycles. The monoisotopic (exact) mass is 910 g/mol. The SMILES string of the molecule is CC1(C)c2c(ccc3ccccc23)N(CCCCCC(=O)NCCOCCOCCOCCN)C1/C=C/C1=C(Cl)C(=C/C=c2\c3cccc4cccc(c43)n2CCCS(=O)(=O)O)/CC1. The molecular formula is C51H63ClN4O7S. The number of carbonyl (C=O) groups is 1. The highest BCUT2D eigenvalue weighted by atomic mass is 35.5. The van der Waals surface area contributed by atoms with E-state index in [4.69, 9.17) is 31.5 Å². The number of anilines is 1. The summed E-state index contributed by atoms with van der Waals surface area (Å²) >= 11 is 7.22. The highest BCUT2D eigenvalue weighted by molar-refractivity contribution is 7.85. The van der Waals surface area contributed by atoms with E-state index in [2.05, 4.69) is 114 Å². The number of ether oxygens (including phenoxy) is 3. The summed E-state index contributed by atoms with van der Waals surface area (Å²) in [5.74, 6) is -0.255. The van der Waals surface area contributed by atoms with E-state index >= 15 is 0 Å². The van der Waals surface area contributed by atoms with E-state index in [1.54, 1.807) is 0 Å². The van der Waals surface area contributed by atoms with E-state index in [-0.39, 0.29) is 23.1 Å². The third-order valence-electron chi connectivity index (χ3n) is 12.5. The van der Waals surface area contributed by atoms with E-state index in [0.717, 1.165) is 81.9 Å². The minimum atomic E-state index is -4.07. The molecule has 13 heteroatoms. The number of nitrogens with two attached hydrogens (primary N) is 1. The average molecular weight is 912 g/mol. The van der Waals surface area contributed by atoms with Crippen molar-refractivity contribution in [3.63, 3.8) is 0 Å². The lowest BCUT2D eigenvalue weighted by Crippen LogP contribution is -2.40. The van der Waals surface area contributed by atoms with Crippen molar-refractivity contribution in [3.05, 3.63) is 118 Å². The van der Waals surface area contributed by atoms with Crippen molar-refractivity contribution in [1.82, 2.24) is 9.88 Å². The van der Waals surface area contributed by atoms with Gasteiger partial charge in [-0.1, -0.05) is 111 Å². The van der Waals surface area contributed by atoms with E-state index in [9.17, 15) is 17.8 Å². The first-order chi connectivity index (χ1) is 31.0. The Labute approximate surface area is 382 Å². The van der Waals surface area contributed by atoms with Gasteiger partial charge in [0.25, 0.3) is 10.1 Å². The molecule has 0 saturated carbocycles. The summed E-state index contributed by atoms with van der Waals surface area (Å²) in [7, 11) is -4.07. The Morgan fingerprint density at radius 2 is 1.56 bits per heavy atom. The van der Waals surface area contributed by atoms with Crippen molar-refractivity contribution in [3.8, 4) is 0 Å². The van der Waals surface area contributed by atoms with Crippen LogP contribution in [0.2, 0.25) is 0 Å². The van der Waals surface area contributed by atoms with Gasteiger partial charge in [-0.2, -0.15) is 8.42 Å². The van der Waals surface area contributed by atoms with Crippen LogP contribution in [0.5, 0.6) is 0 Å². The lowest BCUT2D eigenvalue weighted by atomic mass is 9.78. The molecule has 5 aromatic rings. The number of rotatable bonds is 24. The van der Waals surface area contributed by atoms with Gasteiger partial charge in [0.05, 0.1) is 51.4 Å². The lowest BCUT2D eigenvalue weighted by Gasteiger charge is -2.32. The molecule has 1 aliphatic carbocycles. The number of benzene rings is 4. The molecule has 7 rings (SSSR count). The highest BCUT2D eigenvalue weighted by Gasteiger charge is 2.44. The van der Waals surface area contributed by atoms with Crippen LogP contribution in [-0.4, -0.2) is 94.5 Å². The number of nitrogens with one attached hydrogen (secondary N) is 1. The van der Waals surface area contributed by atoms with Gasteiger partial charge in [-0.25, -0.2) is 0 Å². The van der Waals surface area contributed by atoms with Gasteiger partial charge in [0.15, 0.2) is 0 Å². The molecule has 11 nitrogen and oxygen atoms in total. The van der Waals surface area contributed by atoms with Crippen molar-refractivity contribution in [1.29, 1.82) is 0 Å².